The number of anilines is 5. The summed E-state index contributed by atoms with van der Waals surface area (Å²) in [5.74, 6) is 2.45. The smallest absolute Gasteiger partial charge is 0.336 e. The van der Waals surface area contributed by atoms with E-state index in [-0.39, 0.29) is 12.6 Å². The zero-order valence-electron chi connectivity index (χ0n) is 24.3. The number of piperidine rings is 1. The Morgan fingerprint density at radius 2 is 1.81 bits per heavy atom. The Hall–Kier alpha value is -4.21. The highest BCUT2D eigenvalue weighted by Gasteiger charge is 2.36. The monoisotopic (exact) mass is 583 g/mol. The Kier molecular flexibility index (Phi) is 7.70. The maximum absolute atomic E-state index is 14.1. The van der Waals surface area contributed by atoms with Crippen molar-refractivity contribution in [3.63, 3.8) is 0 Å². The number of nitrogens with one attached hydrogen (secondary N) is 1. The molecule has 4 heterocycles. The fraction of sp³-hybridized carbons (Fsp3) is 0.312. The highest BCUT2D eigenvalue weighted by molar-refractivity contribution is 6.34. The molecule has 1 saturated heterocycles. The number of urea groups is 1. The summed E-state index contributed by atoms with van der Waals surface area (Å²) >= 11 is 6.60. The normalized spacial score (nSPS) is 16.0. The first-order valence-corrected chi connectivity index (χ1v) is 14.5. The predicted molar refractivity (Wildman–Crippen MR) is 167 cm³/mol. The first kappa shape index (κ1) is 27.9. The van der Waals surface area contributed by atoms with Crippen LogP contribution < -0.4 is 19.9 Å². The van der Waals surface area contributed by atoms with Crippen LogP contribution in [-0.2, 0) is 6.54 Å². The summed E-state index contributed by atoms with van der Waals surface area (Å²) < 4.78 is 5.29. The Morgan fingerprint density at radius 3 is 2.50 bits per heavy atom. The molecule has 9 nitrogen and oxygen atoms in total. The number of methoxy groups -OCH3 is 1. The quantitative estimate of drug-likeness (QED) is 0.262. The van der Waals surface area contributed by atoms with E-state index >= 15 is 0 Å². The summed E-state index contributed by atoms with van der Waals surface area (Å²) in [7, 11) is 3.76. The number of fused-ring (bicyclic) bond motifs is 1. The highest BCUT2D eigenvalue weighted by Crippen LogP contribution is 2.39. The lowest BCUT2D eigenvalue weighted by molar-refractivity contribution is 0.252. The van der Waals surface area contributed by atoms with Crippen molar-refractivity contribution in [2.45, 2.75) is 39.2 Å². The second-order valence-electron chi connectivity index (χ2n) is 11.0. The van der Waals surface area contributed by atoms with E-state index in [1.165, 1.54) is 23.3 Å². The van der Waals surface area contributed by atoms with Crippen LogP contribution in [0, 0.1) is 13.8 Å². The summed E-state index contributed by atoms with van der Waals surface area (Å²) in [6, 6.07) is 15.4. The van der Waals surface area contributed by atoms with Gasteiger partial charge in [-0.3, -0.25) is 4.90 Å². The van der Waals surface area contributed by atoms with Gasteiger partial charge < -0.3 is 15.0 Å². The summed E-state index contributed by atoms with van der Waals surface area (Å²) in [5, 5.41) is 3.88. The SMILES string of the molecule is COc1ccc(N2C(=O)N(c3c(C)cccc3Cl)Cc3cnc(Nc4ccc(C5CCN(C)CC5)cc4C)nc32)nc1. The van der Waals surface area contributed by atoms with Crippen LogP contribution >= 0.6 is 11.6 Å². The molecule has 1 fully saturated rings. The van der Waals surface area contributed by atoms with Gasteiger partial charge in [0.25, 0.3) is 0 Å². The lowest BCUT2D eigenvalue weighted by Gasteiger charge is -2.36. The molecule has 0 bridgehead atoms. The molecule has 0 radical (unpaired) electrons. The van der Waals surface area contributed by atoms with Crippen molar-refractivity contribution in [2.24, 2.45) is 0 Å². The van der Waals surface area contributed by atoms with Crippen LogP contribution in [0.1, 0.15) is 41.0 Å². The molecule has 0 atom stereocenters. The van der Waals surface area contributed by atoms with Crippen LogP contribution in [0.5, 0.6) is 5.75 Å². The van der Waals surface area contributed by atoms with Crippen molar-refractivity contribution < 1.29 is 9.53 Å². The molecule has 2 aromatic heterocycles. The first-order valence-electron chi connectivity index (χ1n) is 14.1. The Bertz CT molecular complexity index is 1600. The minimum atomic E-state index is -0.306. The maximum Gasteiger partial charge on any atom is 0.336 e. The third-order valence-corrected chi connectivity index (χ3v) is 8.44. The number of hydrogen-bond acceptors (Lipinski definition) is 7. The predicted octanol–water partition coefficient (Wildman–Crippen LogP) is 6.98. The van der Waals surface area contributed by atoms with Crippen molar-refractivity contribution in [1.82, 2.24) is 19.9 Å². The Morgan fingerprint density at radius 1 is 1.00 bits per heavy atom. The van der Waals surface area contributed by atoms with Gasteiger partial charge in [0.05, 0.1) is 30.6 Å². The molecule has 4 aromatic rings. The largest absolute Gasteiger partial charge is 0.495 e. The number of amides is 2. The molecule has 0 saturated carbocycles. The van der Waals surface area contributed by atoms with Gasteiger partial charge in [-0.25, -0.2) is 19.7 Å². The van der Waals surface area contributed by atoms with Crippen molar-refractivity contribution in [2.75, 3.05) is 42.4 Å². The third-order valence-electron chi connectivity index (χ3n) is 8.14. The maximum atomic E-state index is 14.1. The van der Waals surface area contributed by atoms with Crippen LogP contribution in [0.4, 0.5) is 33.8 Å². The molecule has 216 valence electrons. The van der Waals surface area contributed by atoms with Gasteiger partial charge in [-0.1, -0.05) is 35.9 Å². The van der Waals surface area contributed by atoms with E-state index < -0.39 is 0 Å². The number of aryl methyl sites for hydroxylation is 2. The highest BCUT2D eigenvalue weighted by atomic mass is 35.5. The summed E-state index contributed by atoms with van der Waals surface area (Å²) in [6.07, 6.45) is 5.68. The molecule has 0 unspecified atom stereocenters. The van der Waals surface area contributed by atoms with E-state index in [1.54, 1.807) is 42.6 Å². The van der Waals surface area contributed by atoms with Gasteiger partial charge in [0.1, 0.15) is 11.6 Å². The molecule has 42 heavy (non-hydrogen) atoms. The van der Waals surface area contributed by atoms with Crippen molar-refractivity contribution >= 4 is 46.6 Å². The number of carbonyl (C=O) groups is 1. The summed E-state index contributed by atoms with van der Waals surface area (Å²) in [4.78, 5) is 33.7. The lowest BCUT2D eigenvalue weighted by atomic mass is 9.88. The van der Waals surface area contributed by atoms with Gasteiger partial charge in [0, 0.05) is 17.4 Å². The molecule has 6 rings (SSSR count). The van der Waals surface area contributed by atoms with E-state index in [1.807, 2.05) is 19.1 Å². The number of aromatic nitrogens is 3. The molecular formula is C32H34ClN7O2. The molecule has 0 aliphatic carbocycles. The van der Waals surface area contributed by atoms with Crippen molar-refractivity contribution in [1.29, 1.82) is 0 Å². The Labute approximate surface area is 251 Å². The van der Waals surface area contributed by atoms with Crippen molar-refractivity contribution in [3.8, 4) is 5.75 Å². The lowest BCUT2D eigenvalue weighted by Crippen LogP contribution is -2.46. The molecule has 2 aromatic carbocycles. The van der Waals surface area contributed by atoms with Crippen LogP contribution in [0.15, 0.2) is 60.9 Å². The standard InChI is InChI=1S/C32H34ClN7O2/c1-20-6-5-7-26(33)29(20)39-19-24-17-35-31(37-30(24)40(32(39)41)28-11-9-25(42-4)18-34-28)36-27-10-8-23(16-21(27)2)22-12-14-38(3)15-13-22/h5-11,16-18,22H,12-15,19H2,1-4H3,(H,35,36,37). The minimum absolute atomic E-state index is 0.274. The fourth-order valence-corrected chi connectivity index (χ4v) is 6.05. The topological polar surface area (TPSA) is 86.7 Å². The molecule has 0 spiro atoms. The average Bonchev–Trinajstić information content (AvgIpc) is 2.99. The molecule has 2 aliphatic rings. The zero-order chi connectivity index (χ0) is 29.4. The number of ether oxygens (including phenoxy) is 1. The summed E-state index contributed by atoms with van der Waals surface area (Å²) in [5.41, 5.74) is 5.73. The molecule has 2 aliphatic heterocycles. The number of benzene rings is 2. The van der Waals surface area contributed by atoms with Crippen LogP contribution in [0.3, 0.4) is 0 Å². The molecule has 1 N–H and O–H groups in total. The third kappa shape index (κ3) is 5.37. The van der Waals surface area contributed by atoms with E-state index in [2.05, 4.69) is 52.4 Å². The number of carbonyl (C=O) groups excluding carboxylic acids is 1. The molecule has 10 heteroatoms. The van der Waals surface area contributed by atoms with Crippen molar-refractivity contribution in [3.05, 3.63) is 88.2 Å². The molecular weight excluding hydrogens is 550 g/mol. The van der Waals surface area contributed by atoms with E-state index in [0.29, 0.717) is 40.0 Å². The van der Waals surface area contributed by atoms with Crippen LogP contribution in [0.25, 0.3) is 0 Å². The van der Waals surface area contributed by atoms with E-state index in [0.717, 1.165) is 35.5 Å². The van der Waals surface area contributed by atoms with Gasteiger partial charge >= 0.3 is 6.03 Å². The zero-order valence-corrected chi connectivity index (χ0v) is 25.0. The number of hydrogen-bond donors (Lipinski definition) is 1. The Balaban J connectivity index is 1.34. The number of rotatable bonds is 6. The average molecular weight is 584 g/mol. The van der Waals surface area contributed by atoms with Gasteiger partial charge in [-0.15, -0.1) is 0 Å². The summed E-state index contributed by atoms with van der Waals surface area (Å²) in [6.45, 7) is 6.55. The van der Waals surface area contributed by atoms with Crippen LogP contribution in [-0.4, -0.2) is 53.1 Å². The van der Waals surface area contributed by atoms with Gasteiger partial charge in [0.2, 0.25) is 5.95 Å². The van der Waals surface area contributed by atoms with E-state index in [4.69, 9.17) is 21.3 Å². The van der Waals surface area contributed by atoms with E-state index in [9.17, 15) is 4.79 Å². The first-order chi connectivity index (χ1) is 20.3. The number of halogens is 1. The number of likely N-dealkylation sites (tertiary alicyclic amines) is 1. The minimum Gasteiger partial charge on any atom is -0.495 e. The van der Waals surface area contributed by atoms with Gasteiger partial charge in [0.15, 0.2) is 5.82 Å². The number of para-hydroxylation sites is 1. The fourth-order valence-electron chi connectivity index (χ4n) is 5.73. The number of pyridine rings is 1. The van der Waals surface area contributed by atoms with Gasteiger partial charge in [-0.05, 0) is 93.7 Å². The van der Waals surface area contributed by atoms with Crippen LogP contribution in [0.2, 0.25) is 5.02 Å². The number of nitrogens with zero attached hydrogens (tertiary/aromatic N) is 6. The second-order valence-corrected chi connectivity index (χ2v) is 11.4. The van der Waals surface area contributed by atoms with Gasteiger partial charge in [-0.2, -0.15) is 4.98 Å². The molecule has 2 amide bonds. The second kappa shape index (κ2) is 11.6.